The first-order chi connectivity index (χ1) is 10.7. The Morgan fingerprint density at radius 2 is 2.00 bits per heavy atom. The summed E-state index contributed by atoms with van der Waals surface area (Å²) in [6.07, 6.45) is 5.95. The summed E-state index contributed by atoms with van der Waals surface area (Å²) in [7, 11) is 0. The summed E-state index contributed by atoms with van der Waals surface area (Å²) in [5.41, 5.74) is 1.68. The van der Waals surface area contributed by atoms with Gasteiger partial charge in [-0.3, -0.25) is 14.2 Å². The molecular formula is C17H22BrNO2S. The van der Waals surface area contributed by atoms with Crippen molar-refractivity contribution >= 4 is 43.3 Å². The highest BCUT2D eigenvalue weighted by atomic mass is 79.9. The van der Waals surface area contributed by atoms with Crippen molar-refractivity contribution in [2.75, 3.05) is 5.33 Å². The molecule has 0 bridgehead atoms. The van der Waals surface area contributed by atoms with Crippen molar-refractivity contribution in [3.8, 4) is 0 Å². The van der Waals surface area contributed by atoms with Gasteiger partial charge < -0.3 is 0 Å². The quantitative estimate of drug-likeness (QED) is 0.347. The third-order valence-electron chi connectivity index (χ3n) is 3.73. The van der Waals surface area contributed by atoms with Crippen LogP contribution >= 0.6 is 27.3 Å². The molecule has 2 rings (SSSR count). The van der Waals surface area contributed by atoms with Gasteiger partial charge in [0.15, 0.2) is 5.78 Å². The molecule has 0 unspecified atom stereocenters. The fourth-order valence-corrected chi connectivity index (χ4v) is 3.89. The van der Waals surface area contributed by atoms with E-state index in [4.69, 9.17) is 0 Å². The normalized spacial score (nSPS) is 11.2. The summed E-state index contributed by atoms with van der Waals surface area (Å²) < 4.78 is 2.77. The molecule has 22 heavy (non-hydrogen) atoms. The number of alkyl halides is 1. The Morgan fingerprint density at radius 3 is 2.73 bits per heavy atom. The van der Waals surface area contributed by atoms with Crippen molar-refractivity contribution in [2.45, 2.75) is 52.0 Å². The van der Waals surface area contributed by atoms with Crippen molar-refractivity contribution in [3.05, 3.63) is 33.4 Å². The number of carbonyl (C=O) groups is 1. The van der Waals surface area contributed by atoms with Crippen LogP contribution in [0, 0.1) is 0 Å². The number of thiazole rings is 1. The van der Waals surface area contributed by atoms with Gasteiger partial charge in [-0.25, -0.2) is 0 Å². The minimum atomic E-state index is 0.0792. The lowest BCUT2D eigenvalue weighted by molar-refractivity contribution is 0.0982. The molecule has 1 aromatic carbocycles. The highest BCUT2D eigenvalue weighted by Crippen LogP contribution is 2.21. The second-order valence-electron chi connectivity index (χ2n) is 5.48. The van der Waals surface area contributed by atoms with Crippen LogP contribution in [0.1, 0.15) is 55.8 Å². The van der Waals surface area contributed by atoms with Gasteiger partial charge in [-0.15, -0.1) is 0 Å². The lowest BCUT2D eigenvalue weighted by Crippen LogP contribution is -2.12. The van der Waals surface area contributed by atoms with Gasteiger partial charge in [0.1, 0.15) is 0 Å². The molecule has 0 saturated carbocycles. The van der Waals surface area contributed by atoms with E-state index >= 15 is 0 Å². The van der Waals surface area contributed by atoms with Crippen LogP contribution in [0.3, 0.4) is 0 Å². The van der Waals surface area contributed by atoms with Gasteiger partial charge >= 0.3 is 4.87 Å². The highest BCUT2D eigenvalue weighted by Gasteiger charge is 2.11. The number of Topliss-reactive ketones (excluding diaryl/α,β-unsaturated/α-hetero) is 1. The largest absolute Gasteiger partial charge is 0.308 e. The number of benzene rings is 1. The average Bonchev–Trinajstić information content (AvgIpc) is 2.82. The third-order valence-corrected chi connectivity index (χ3v) is 5.24. The fraction of sp³-hybridized carbons (Fsp3) is 0.529. The van der Waals surface area contributed by atoms with Gasteiger partial charge in [-0.1, -0.05) is 47.0 Å². The summed E-state index contributed by atoms with van der Waals surface area (Å²) in [6, 6.07) is 5.66. The van der Waals surface area contributed by atoms with Crippen LogP contribution in [0.5, 0.6) is 0 Å². The van der Waals surface area contributed by atoms with Crippen LogP contribution in [0.25, 0.3) is 10.2 Å². The maximum atomic E-state index is 12.2. The number of aromatic nitrogens is 1. The maximum Gasteiger partial charge on any atom is 0.308 e. The number of fused-ring (bicyclic) bond motifs is 1. The molecule has 0 radical (unpaired) electrons. The van der Waals surface area contributed by atoms with Crippen molar-refractivity contribution in [1.29, 1.82) is 0 Å². The van der Waals surface area contributed by atoms with E-state index in [0.717, 1.165) is 46.9 Å². The predicted octanol–water partition coefficient (Wildman–Crippen LogP) is 5.00. The number of aryl methyl sites for hydroxylation is 1. The van der Waals surface area contributed by atoms with Gasteiger partial charge in [0.05, 0.1) is 10.2 Å². The number of hydrogen-bond donors (Lipinski definition) is 0. The Kier molecular flexibility index (Phi) is 6.83. The van der Waals surface area contributed by atoms with Gasteiger partial charge in [-0.2, -0.15) is 0 Å². The van der Waals surface area contributed by atoms with Crippen molar-refractivity contribution in [2.24, 2.45) is 0 Å². The van der Waals surface area contributed by atoms with Gasteiger partial charge in [0.2, 0.25) is 0 Å². The molecule has 0 fully saturated rings. The average molecular weight is 384 g/mol. The Bertz CT molecular complexity index is 690. The smallest absolute Gasteiger partial charge is 0.299 e. The number of rotatable bonds is 9. The fourth-order valence-electron chi connectivity index (χ4n) is 2.54. The maximum absolute atomic E-state index is 12.2. The van der Waals surface area contributed by atoms with Crippen molar-refractivity contribution in [3.63, 3.8) is 0 Å². The Balaban J connectivity index is 2.13. The van der Waals surface area contributed by atoms with E-state index in [0.29, 0.717) is 6.42 Å². The molecule has 0 aliphatic heterocycles. The second kappa shape index (κ2) is 8.63. The Morgan fingerprint density at radius 1 is 1.23 bits per heavy atom. The van der Waals surface area contributed by atoms with Crippen LogP contribution in [-0.2, 0) is 6.54 Å². The molecule has 0 saturated heterocycles. The van der Waals surface area contributed by atoms with E-state index in [-0.39, 0.29) is 10.7 Å². The molecule has 3 nitrogen and oxygen atoms in total. The van der Waals surface area contributed by atoms with E-state index in [1.807, 2.05) is 29.7 Å². The van der Waals surface area contributed by atoms with Gasteiger partial charge in [0, 0.05) is 23.9 Å². The topological polar surface area (TPSA) is 39.1 Å². The van der Waals surface area contributed by atoms with Crippen molar-refractivity contribution < 1.29 is 4.79 Å². The second-order valence-corrected chi connectivity index (χ2v) is 7.26. The van der Waals surface area contributed by atoms with Crippen molar-refractivity contribution in [1.82, 2.24) is 4.57 Å². The Hall–Kier alpha value is -0.940. The molecule has 0 amide bonds. The van der Waals surface area contributed by atoms with Crippen LogP contribution in [0.15, 0.2) is 23.0 Å². The third kappa shape index (κ3) is 4.29. The zero-order valence-electron chi connectivity index (χ0n) is 12.9. The number of halogens is 1. The molecule has 0 atom stereocenters. The summed E-state index contributed by atoms with van der Waals surface area (Å²) in [6.45, 7) is 2.77. The van der Waals surface area contributed by atoms with Crippen LogP contribution in [0.2, 0.25) is 0 Å². The molecular weight excluding hydrogens is 362 g/mol. The first-order valence-corrected chi connectivity index (χ1v) is 9.83. The zero-order chi connectivity index (χ0) is 15.9. The summed E-state index contributed by atoms with van der Waals surface area (Å²) in [4.78, 5) is 24.2. The number of nitrogens with zero attached hydrogens (tertiary/aromatic N) is 1. The summed E-state index contributed by atoms with van der Waals surface area (Å²) in [5.74, 6) is 0.159. The first kappa shape index (κ1) is 17.4. The van der Waals surface area contributed by atoms with E-state index in [1.54, 1.807) is 0 Å². The highest BCUT2D eigenvalue weighted by molar-refractivity contribution is 9.09. The zero-order valence-corrected chi connectivity index (χ0v) is 15.3. The first-order valence-electron chi connectivity index (χ1n) is 7.90. The molecule has 1 heterocycles. The molecule has 120 valence electrons. The molecule has 0 aliphatic carbocycles. The lowest BCUT2D eigenvalue weighted by Gasteiger charge is -2.04. The van der Waals surface area contributed by atoms with Crippen LogP contribution < -0.4 is 4.87 Å². The summed E-state index contributed by atoms with van der Waals surface area (Å²) >= 11 is 4.68. The molecule has 0 N–H and O–H groups in total. The molecule has 0 aliphatic rings. The SMILES string of the molecule is CCCC(=O)c1ccc2c(c1)sc(=O)n2CCCCCCBr. The predicted molar refractivity (Wildman–Crippen MR) is 97.6 cm³/mol. The van der Waals surface area contributed by atoms with E-state index < -0.39 is 0 Å². The number of carbonyl (C=O) groups excluding carboxylic acids is 1. The van der Waals surface area contributed by atoms with E-state index in [2.05, 4.69) is 15.9 Å². The minimum Gasteiger partial charge on any atom is -0.299 e. The van der Waals surface area contributed by atoms with Gasteiger partial charge in [-0.05, 0) is 37.5 Å². The summed E-state index contributed by atoms with van der Waals surface area (Å²) in [5, 5.41) is 1.04. The number of hydrogen-bond acceptors (Lipinski definition) is 3. The Labute approximate surface area is 143 Å². The monoisotopic (exact) mass is 383 g/mol. The molecule has 0 spiro atoms. The molecule has 5 heteroatoms. The standard InChI is InChI=1S/C17H22BrNO2S/c1-2-7-15(20)13-8-9-14-16(12-13)22-17(21)19(14)11-6-4-3-5-10-18/h8-9,12H,2-7,10-11H2,1H3. The van der Waals surface area contributed by atoms with Crippen LogP contribution in [0.4, 0.5) is 0 Å². The minimum absolute atomic E-state index is 0.0792. The lowest BCUT2D eigenvalue weighted by atomic mass is 10.1. The molecule has 2 aromatic rings. The van der Waals surface area contributed by atoms with Crippen LogP contribution in [-0.4, -0.2) is 15.7 Å². The number of unbranched alkanes of at least 4 members (excludes halogenated alkanes) is 3. The number of ketones is 1. The van der Waals surface area contributed by atoms with E-state index in [9.17, 15) is 9.59 Å². The molecule has 1 aromatic heterocycles. The van der Waals surface area contributed by atoms with E-state index in [1.165, 1.54) is 24.2 Å². The van der Waals surface area contributed by atoms with Gasteiger partial charge in [0.25, 0.3) is 0 Å².